The van der Waals surface area contributed by atoms with Crippen molar-refractivity contribution in [3.63, 3.8) is 0 Å². The Morgan fingerprint density at radius 2 is 1.90 bits per heavy atom. The molecule has 0 aliphatic rings. The molecule has 1 aromatic heterocycles. The molecule has 1 heterocycles. The van der Waals surface area contributed by atoms with Crippen LogP contribution in [0.2, 0.25) is 0 Å². The van der Waals surface area contributed by atoms with Gasteiger partial charge in [0.05, 0.1) is 23.0 Å². The van der Waals surface area contributed by atoms with Gasteiger partial charge in [0.15, 0.2) is 0 Å². The van der Waals surface area contributed by atoms with Gasteiger partial charge in [-0.15, -0.1) is 0 Å². The molecule has 0 aliphatic carbocycles. The van der Waals surface area contributed by atoms with E-state index in [1.54, 1.807) is 0 Å². The van der Waals surface area contributed by atoms with Crippen molar-refractivity contribution in [2.75, 3.05) is 7.05 Å². The van der Waals surface area contributed by atoms with Gasteiger partial charge in [-0.25, -0.2) is 4.68 Å². The first-order valence-corrected chi connectivity index (χ1v) is 6.99. The molecule has 1 aromatic carbocycles. The lowest BCUT2D eigenvalue weighted by molar-refractivity contribution is 0.779. The second-order valence-electron chi connectivity index (χ2n) is 4.68. The highest BCUT2D eigenvalue weighted by atomic mass is 15.3. The molecular formula is C16H20N4. The van der Waals surface area contributed by atoms with Crippen LogP contribution >= 0.6 is 0 Å². The van der Waals surface area contributed by atoms with Crippen LogP contribution in [-0.2, 0) is 19.4 Å². The van der Waals surface area contributed by atoms with Gasteiger partial charge in [0, 0.05) is 17.8 Å². The maximum Gasteiger partial charge on any atom is 0.0991 e. The number of nitriles is 1. The van der Waals surface area contributed by atoms with Crippen molar-refractivity contribution in [3.05, 3.63) is 46.8 Å². The van der Waals surface area contributed by atoms with Crippen LogP contribution in [0.3, 0.4) is 0 Å². The zero-order valence-corrected chi connectivity index (χ0v) is 12.3. The van der Waals surface area contributed by atoms with E-state index in [0.717, 1.165) is 30.8 Å². The Labute approximate surface area is 120 Å². The van der Waals surface area contributed by atoms with E-state index < -0.39 is 0 Å². The van der Waals surface area contributed by atoms with Crippen molar-refractivity contribution in [3.8, 4) is 11.8 Å². The second-order valence-corrected chi connectivity index (χ2v) is 4.68. The predicted octanol–water partition coefficient (Wildman–Crippen LogP) is 2.59. The molecule has 0 amide bonds. The monoisotopic (exact) mass is 268 g/mol. The van der Waals surface area contributed by atoms with E-state index in [-0.39, 0.29) is 0 Å². The fraction of sp³-hybridized carbons (Fsp3) is 0.375. The number of nitrogens with one attached hydrogen (secondary N) is 1. The Hall–Kier alpha value is -2.12. The van der Waals surface area contributed by atoms with Crippen LogP contribution in [-0.4, -0.2) is 16.8 Å². The van der Waals surface area contributed by atoms with Gasteiger partial charge in [-0.05, 0) is 44.2 Å². The Morgan fingerprint density at radius 1 is 1.20 bits per heavy atom. The maximum atomic E-state index is 8.88. The number of aryl methyl sites for hydroxylation is 1. The molecule has 0 unspecified atom stereocenters. The first kappa shape index (κ1) is 14.3. The first-order valence-electron chi connectivity index (χ1n) is 6.99. The number of hydrogen-bond acceptors (Lipinski definition) is 3. The summed E-state index contributed by atoms with van der Waals surface area (Å²) in [5.74, 6) is 0. The lowest BCUT2D eigenvalue weighted by Gasteiger charge is -2.08. The zero-order valence-electron chi connectivity index (χ0n) is 12.3. The van der Waals surface area contributed by atoms with Gasteiger partial charge in [0.1, 0.15) is 0 Å². The van der Waals surface area contributed by atoms with Gasteiger partial charge in [-0.1, -0.05) is 13.8 Å². The summed E-state index contributed by atoms with van der Waals surface area (Å²) in [5.41, 5.74) is 5.35. The molecular weight excluding hydrogens is 248 g/mol. The summed E-state index contributed by atoms with van der Waals surface area (Å²) in [5, 5.41) is 16.8. The largest absolute Gasteiger partial charge is 0.316 e. The molecule has 1 N–H and O–H groups in total. The molecule has 104 valence electrons. The second kappa shape index (κ2) is 6.36. The molecule has 0 spiro atoms. The van der Waals surface area contributed by atoms with E-state index in [0.29, 0.717) is 5.56 Å². The van der Waals surface area contributed by atoms with Crippen molar-refractivity contribution in [1.29, 1.82) is 5.26 Å². The average molecular weight is 268 g/mol. The topological polar surface area (TPSA) is 53.6 Å². The Kier molecular flexibility index (Phi) is 4.54. The van der Waals surface area contributed by atoms with Crippen LogP contribution in [0.5, 0.6) is 0 Å². The minimum Gasteiger partial charge on any atom is -0.316 e. The summed E-state index contributed by atoms with van der Waals surface area (Å²) < 4.78 is 2.01. The van der Waals surface area contributed by atoms with Gasteiger partial charge >= 0.3 is 0 Å². The summed E-state index contributed by atoms with van der Waals surface area (Å²) in [7, 11) is 1.96. The number of rotatable bonds is 5. The molecule has 0 aliphatic heterocycles. The van der Waals surface area contributed by atoms with E-state index >= 15 is 0 Å². The van der Waals surface area contributed by atoms with Gasteiger partial charge in [-0.3, -0.25) is 0 Å². The molecule has 0 radical (unpaired) electrons. The maximum absolute atomic E-state index is 8.88. The Morgan fingerprint density at radius 3 is 2.40 bits per heavy atom. The standard InChI is InChI=1S/C16H20N4/c1-4-15-14(11-18-3)16(5-2)20(19-15)13-8-6-12(10-17)7-9-13/h6-9,18H,4-5,11H2,1-3H3. The lowest BCUT2D eigenvalue weighted by atomic mass is 10.1. The van der Waals surface area contributed by atoms with E-state index in [2.05, 4.69) is 25.2 Å². The SMILES string of the molecule is CCc1nn(-c2ccc(C#N)cc2)c(CC)c1CNC. The Bertz CT molecular complexity index is 617. The third-order valence-corrected chi connectivity index (χ3v) is 3.44. The van der Waals surface area contributed by atoms with E-state index in [1.165, 1.54) is 11.3 Å². The number of aromatic nitrogens is 2. The highest BCUT2D eigenvalue weighted by Crippen LogP contribution is 2.20. The fourth-order valence-corrected chi connectivity index (χ4v) is 2.45. The van der Waals surface area contributed by atoms with Gasteiger partial charge in [0.25, 0.3) is 0 Å². The minimum absolute atomic E-state index is 0.671. The van der Waals surface area contributed by atoms with Crippen molar-refractivity contribution >= 4 is 0 Å². The summed E-state index contributed by atoms with van der Waals surface area (Å²) in [4.78, 5) is 0. The molecule has 2 aromatic rings. The number of benzene rings is 1. The van der Waals surface area contributed by atoms with Gasteiger partial charge in [-0.2, -0.15) is 10.4 Å². The number of nitrogens with zero attached hydrogens (tertiary/aromatic N) is 3. The molecule has 0 atom stereocenters. The van der Waals surface area contributed by atoms with Crippen LogP contribution in [0.4, 0.5) is 0 Å². The summed E-state index contributed by atoms with van der Waals surface area (Å²) >= 11 is 0. The van der Waals surface area contributed by atoms with Crippen LogP contribution < -0.4 is 5.32 Å². The first-order chi connectivity index (χ1) is 9.74. The molecule has 20 heavy (non-hydrogen) atoms. The zero-order chi connectivity index (χ0) is 14.5. The minimum atomic E-state index is 0.671. The molecule has 4 nitrogen and oxygen atoms in total. The van der Waals surface area contributed by atoms with Crippen LogP contribution in [0.15, 0.2) is 24.3 Å². The highest BCUT2D eigenvalue weighted by molar-refractivity contribution is 5.42. The van der Waals surface area contributed by atoms with E-state index in [4.69, 9.17) is 10.4 Å². The highest BCUT2D eigenvalue weighted by Gasteiger charge is 2.15. The molecule has 0 saturated carbocycles. The molecule has 0 fully saturated rings. The van der Waals surface area contributed by atoms with Crippen molar-refractivity contribution in [2.45, 2.75) is 33.2 Å². The Balaban J connectivity index is 2.52. The summed E-state index contributed by atoms with van der Waals surface area (Å²) in [6.45, 7) is 5.11. The smallest absolute Gasteiger partial charge is 0.0991 e. The van der Waals surface area contributed by atoms with Crippen LogP contribution in [0.25, 0.3) is 5.69 Å². The van der Waals surface area contributed by atoms with Crippen LogP contribution in [0, 0.1) is 11.3 Å². The van der Waals surface area contributed by atoms with Gasteiger partial charge in [0.2, 0.25) is 0 Å². The third-order valence-electron chi connectivity index (χ3n) is 3.44. The lowest BCUT2D eigenvalue weighted by Crippen LogP contribution is -2.09. The quantitative estimate of drug-likeness (QED) is 0.906. The average Bonchev–Trinajstić information content (AvgIpc) is 2.85. The summed E-state index contributed by atoms with van der Waals surface area (Å²) in [6, 6.07) is 9.71. The van der Waals surface area contributed by atoms with Crippen LogP contribution in [0.1, 0.15) is 36.4 Å². The van der Waals surface area contributed by atoms with Crippen molar-refractivity contribution < 1.29 is 0 Å². The summed E-state index contributed by atoms with van der Waals surface area (Å²) in [6.07, 6.45) is 1.86. The normalized spacial score (nSPS) is 10.5. The van der Waals surface area contributed by atoms with Gasteiger partial charge < -0.3 is 5.32 Å². The molecule has 4 heteroatoms. The van der Waals surface area contributed by atoms with Crippen molar-refractivity contribution in [2.24, 2.45) is 0 Å². The molecule has 0 bridgehead atoms. The van der Waals surface area contributed by atoms with Crippen molar-refractivity contribution in [1.82, 2.24) is 15.1 Å². The molecule has 0 saturated heterocycles. The molecule has 2 rings (SSSR count). The van der Waals surface area contributed by atoms with E-state index in [1.807, 2.05) is 36.0 Å². The predicted molar refractivity (Wildman–Crippen MR) is 79.8 cm³/mol. The number of hydrogen-bond donors (Lipinski definition) is 1. The fourth-order valence-electron chi connectivity index (χ4n) is 2.45. The van der Waals surface area contributed by atoms with E-state index in [9.17, 15) is 0 Å². The third kappa shape index (κ3) is 2.59.